The van der Waals surface area contributed by atoms with Crippen LogP contribution < -0.4 is 15.5 Å². The fraction of sp³-hybridized carbons (Fsp3) is 0.490. The number of rotatable bonds is 42. The Bertz CT molecular complexity index is 2460. The van der Waals surface area contributed by atoms with Gasteiger partial charge in [-0.2, -0.15) is 0 Å². The molecule has 1 fully saturated rings. The first-order chi connectivity index (χ1) is 38.6. The predicted molar refractivity (Wildman–Crippen MR) is 279 cm³/mol. The van der Waals surface area contributed by atoms with Gasteiger partial charge < -0.3 is 44.0 Å². The van der Waals surface area contributed by atoms with Gasteiger partial charge in [0.1, 0.15) is 37.6 Å². The van der Waals surface area contributed by atoms with E-state index in [0.29, 0.717) is 48.5 Å². The van der Waals surface area contributed by atoms with Crippen LogP contribution in [-0.2, 0) is 78.7 Å². The summed E-state index contributed by atoms with van der Waals surface area (Å²) in [6.07, 6.45) is -2.20. The van der Waals surface area contributed by atoms with E-state index in [1.54, 1.807) is 65.6 Å². The fourth-order valence-electron chi connectivity index (χ4n) is 8.17. The number of aliphatic carboxylic acids is 2. The maximum Gasteiger partial charge on any atom is 0.407 e. The number of ketones is 1. The highest BCUT2D eigenvalue weighted by molar-refractivity contribution is 7.89. The number of carbonyl (C=O) groups is 8. The quantitative estimate of drug-likeness (QED) is 0.0127. The van der Waals surface area contributed by atoms with Crippen molar-refractivity contribution in [3.8, 4) is 16.9 Å². The van der Waals surface area contributed by atoms with Crippen LogP contribution in [-0.4, -0.2) is 240 Å². The number of carboxylic acids is 2. The molecule has 28 nitrogen and oxygen atoms in total. The Kier molecular flexibility index (Phi) is 29.5. The molecule has 3 aromatic carbocycles. The third-order valence-electron chi connectivity index (χ3n) is 12.3. The largest absolute Gasteiger partial charge is 0.497 e. The zero-order valence-corrected chi connectivity index (χ0v) is 45.1. The van der Waals surface area contributed by atoms with Crippen molar-refractivity contribution >= 4 is 59.2 Å². The van der Waals surface area contributed by atoms with Gasteiger partial charge in [-0.25, -0.2) is 23.6 Å². The first kappa shape index (κ1) is 65.3. The Morgan fingerprint density at radius 2 is 1.32 bits per heavy atom. The second-order valence-electron chi connectivity index (χ2n) is 17.8. The second-order valence-corrected chi connectivity index (χ2v) is 19.6. The van der Waals surface area contributed by atoms with Crippen LogP contribution in [0.3, 0.4) is 0 Å². The molecular formula is C51H70N8O20S. The van der Waals surface area contributed by atoms with Crippen molar-refractivity contribution in [3.63, 3.8) is 0 Å². The maximum absolute atomic E-state index is 14.3. The summed E-state index contributed by atoms with van der Waals surface area (Å²) in [5, 5.41) is 30.9. The van der Waals surface area contributed by atoms with E-state index < -0.39 is 59.3 Å². The Morgan fingerprint density at radius 3 is 1.90 bits per heavy atom. The highest BCUT2D eigenvalue weighted by Crippen LogP contribution is 2.27. The first-order valence-corrected chi connectivity index (χ1v) is 26.7. The lowest BCUT2D eigenvalue weighted by Gasteiger charge is -2.35. The SMILES string of the molecule is COc1ccc(-c2ccc(S(=O)(=O)N(OCCOCCN3CCN(CC(=O)CC[C@@H](OC=O)N(CCN(COC=O)COC=O)CCN(CC(=O)O)CC(=O)O)CC3)[C@H](CCNC(=O)OCc3ccccc3)C(=O)NO)cc2)cc1. The van der Waals surface area contributed by atoms with Gasteiger partial charge in [-0.05, 0) is 47.4 Å². The van der Waals surface area contributed by atoms with Gasteiger partial charge in [0.25, 0.3) is 35.3 Å². The van der Waals surface area contributed by atoms with Crippen LogP contribution >= 0.6 is 0 Å². The fourth-order valence-corrected chi connectivity index (χ4v) is 9.60. The van der Waals surface area contributed by atoms with E-state index in [1.165, 1.54) is 29.6 Å². The van der Waals surface area contributed by atoms with Crippen LogP contribution in [0.4, 0.5) is 4.79 Å². The summed E-state index contributed by atoms with van der Waals surface area (Å²) in [4.78, 5) is 109. The van der Waals surface area contributed by atoms with Gasteiger partial charge in [-0.3, -0.25) is 63.2 Å². The lowest BCUT2D eigenvalue weighted by atomic mass is 10.1. The number of nitrogens with one attached hydrogen (secondary N) is 2. The van der Waals surface area contributed by atoms with Crippen LogP contribution in [0, 0.1) is 0 Å². The predicted octanol–water partition coefficient (Wildman–Crippen LogP) is 0.294. The van der Waals surface area contributed by atoms with Crippen molar-refractivity contribution in [2.75, 3.05) is 125 Å². The van der Waals surface area contributed by atoms with E-state index in [-0.39, 0.29) is 129 Å². The molecule has 1 aliphatic rings. The van der Waals surface area contributed by atoms with Crippen LogP contribution in [0.5, 0.6) is 5.75 Å². The second kappa shape index (κ2) is 36.1. The number of hydrogen-bond acceptors (Lipinski definition) is 23. The van der Waals surface area contributed by atoms with Gasteiger partial charge in [-0.15, -0.1) is 0 Å². The molecule has 80 heavy (non-hydrogen) atoms. The topological polar surface area (TPSA) is 339 Å². The smallest absolute Gasteiger partial charge is 0.407 e. The van der Waals surface area contributed by atoms with Gasteiger partial charge in [-0.1, -0.05) is 59.1 Å². The molecule has 440 valence electrons. The number of piperazine rings is 1. The molecule has 0 bridgehead atoms. The summed E-state index contributed by atoms with van der Waals surface area (Å²) in [5.74, 6) is -3.20. The van der Waals surface area contributed by atoms with Crippen molar-refractivity contribution in [3.05, 3.63) is 84.4 Å². The third-order valence-corrected chi connectivity index (χ3v) is 14.0. The molecule has 4 rings (SSSR count). The van der Waals surface area contributed by atoms with Gasteiger partial charge in [0.2, 0.25) is 0 Å². The van der Waals surface area contributed by atoms with E-state index in [2.05, 4.69) is 10.2 Å². The van der Waals surface area contributed by atoms with Crippen LogP contribution in [0.2, 0.25) is 0 Å². The molecule has 1 saturated heterocycles. The first-order valence-electron chi connectivity index (χ1n) is 25.3. The molecule has 0 saturated carbocycles. The highest BCUT2D eigenvalue weighted by Gasteiger charge is 2.38. The molecule has 3 aromatic rings. The number of sulfonamides is 1. The standard InChI is InChI=1S/C51H70N8O20S/c1-73-44-12-7-41(8-13-44)42-9-14-45(15-10-42)80(71,72)59(46(50(68)53-70)17-18-52-51(69)77-34-40-5-3-2-4-6-40)79-30-29-74-28-27-54-19-21-55(22-20-54)31-43(63)11-16-47(78-39-62)58(25-23-56(32-48(64)65)33-49(66)67)26-24-57(35-75-37-60)36-76-38-61/h2-10,12-15,37-39,46-47,70H,11,16-36H2,1H3,(H,52,69)(H,53,68)(H,64,65)(H,66,67)/t46-,47-/m1/s1. The molecule has 0 radical (unpaired) electrons. The zero-order chi connectivity index (χ0) is 58.1. The number of nitrogens with zero attached hydrogens (tertiary/aromatic N) is 6. The number of Topliss-reactive ketones (excluding diaryl/α,β-unsaturated/α-hetero) is 1. The lowest BCUT2D eigenvalue weighted by molar-refractivity contribution is -0.159. The minimum absolute atomic E-state index is 0.00983. The number of methoxy groups -OCH3 is 1. The number of hydrogen-bond donors (Lipinski definition) is 5. The van der Waals surface area contributed by atoms with Gasteiger partial charge in [0.05, 0.1) is 51.5 Å². The molecule has 29 heteroatoms. The van der Waals surface area contributed by atoms with Gasteiger partial charge >= 0.3 is 18.0 Å². The van der Waals surface area contributed by atoms with Gasteiger partial charge in [0.15, 0.2) is 6.23 Å². The molecular weight excluding hydrogens is 1080 g/mol. The number of alkyl carbamates (subject to hydrolysis) is 1. The number of ether oxygens (including phenoxy) is 6. The van der Waals surface area contributed by atoms with Crippen molar-refractivity contribution in [1.82, 2.24) is 39.8 Å². The van der Waals surface area contributed by atoms with E-state index >= 15 is 0 Å². The number of hydroxylamine groups is 2. The van der Waals surface area contributed by atoms with Crippen LogP contribution in [0.25, 0.3) is 11.1 Å². The Labute approximate surface area is 462 Å². The van der Waals surface area contributed by atoms with Crippen LogP contribution in [0.1, 0.15) is 24.8 Å². The summed E-state index contributed by atoms with van der Waals surface area (Å²) in [7, 11) is -3.09. The molecule has 1 heterocycles. The molecule has 2 atom stereocenters. The molecule has 0 aliphatic carbocycles. The van der Waals surface area contributed by atoms with Crippen LogP contribution in [0.15, 0.2) is 83.8 Å². The van der Waals surface area contributed by atoms with E-state index in [4.69, 9.17) is 33.3 Å². The Hall–Kier alpha value is -7.19. The number of benzene rings is 3. The van der Waals surface area contributed by atoms with Gasteiger partial charge in [0, 0.05) is 78.3 Å². The third kappa shape index (κ3) is 23.6. The number of carbonyl (C=O) groups excluding carboxylic acids is 6. The monoisotopic (exact) mass is 1150 g/mol. The average Bonchev–Trinajstić information content (AvgIpc) is 3.45. The van der Waals surface area contributed by atoms with E-state index in [1.807, 2.05) is 11.0 Å². The number of amides is 2. The Morgan fingerprint density at radius 1 is 0.725 bits per heavy atom. The summed E-state index contributed by atoms with van der Waals surface area (Å²) < 4.78 is 60.3. The van der Waals surface area contributed by atoms with E-state index in [0.717, 1.165) is 16.0 Å². The normalized spacial score (nSPS) is 13.8. The van der Waals surface area contributed by atoms with Crippen molar-refractivity contribution < 1.29 is 95.5 Å². The molecule has 1 aliphatic heterocycles. The molecule has 0 aromatic heterocycles. The van der Waals surface area contributed by atoms with Crippen molar-refractivity contribution in [2.24, 2.45) is 0 Å². The summed E-state index contributed by atoms with van der Waals surface area (Å²) in [6.45, 7) is 1.03. The molecule has 0 unspecified atom stereocenters. The lowest BCUT2D eigenvalue weighted by Crippen LogP contribution is -2.50. The molecule has 0 spiro atoms. The molecule has 2 amide bonds. The minimum Gasteiger partial charge on any atom is -0.497 e. The Balaban J connectivity index is 1.31. The number of carboxylic acid groups (broad SMARTS) is 2. The summed E-state index contributed by atoms with van der Waals surface area (Å²) in [5.41, 5.74) is 3.69. The average molecular weight is 1150 g/mol. The van der Waals surface area contributed by atoms with E-state index in [9.17, 15) is 62.2 Å². The minimum atomic E-state index is -4.62. The summed E-state index contributed by atoms with van der Waals surface area (Å²) >= 11 is 0. The maximum atomic E-state index is 14.3. The molecule has 5 N–H and O–H groups in total. The van der Waals surface area contributed by atoms with Crippen molar-refractivity contribution in [2.45, 2.75) is 43.0 Å². The zero-order valence-electron chi connectivity index (χ0n) is 44.3. The van der Waals surface area contributed by atoms with Crippen molar-refractivity contribution in [1.29, 1.82) is 0 Å². The summed E-state index contributed by atoms with van der Waals surface area (Å²) in [6, 6.07) is 20.2. The highest BCUT2D eigenvalue weighted by atomic mass is 32.2.